The van der Waals surface area contributed by atoms with Gasteiger partial charge in [-0.3, -0.25) is 15.1 Å². The molecule has 0 amide bonds. The van der Waals surface area contributed by atoms with Crippen LogP contribution in [0.4, 0.5) is 11.4 Å². The summed E-state index contributed by atoms with van der Waals surface area (Å²) in [5.74, 6) is 1.18. The molecule has 1 aromatic carbocycles. The first-order valence-corrected chi connectivity index (χ1v) is 8.83. The van der Waals surface area contributed by atoms with Crippen molar-refractivity contribution >= 4 is 22.3 Å². The van der Waals surface area contributed by atoms with Gasteiger partial charge < -0.3 is 9.47 Å². The molecular weight excluding hydrogens is 332 g/mol. The number of aromatic nitrogens is 4. The molecule has 1 aliphatic rings. The second kappa shape index (κ2) is 6.70. The van der Waals surface area contributed by atoms with Crippen molar-refractivity contribution in [1.82, 2.24) is 19.7 Å². The van der Waals surface area contributed by atoms with E-state index < -0.39 is 0 Å². The molecule has 134 valence electrons. The average molecular weight is 352 g/mol. The van der Waals surface area contributed by atoms with Crippen molar-refractivity contribution < 1.29 is 4.92 Å². The van der Waals surface area contributed by atoms with Crippen molar-refractivity contribution in [3.8, 4) is 0 Å². The number of hydrogen-bond acceptors (Lipinski definition) is 6. The highest BCUT2D eigenvalue weighted by Crippen LogP contribution is 2.38. The van der Waals surface area contributed by atoms with Crippen LogP contribution in [0.3, 0.4) is 0 Å². The fraction of sp³-hybridized carbons (Fsp3) is 0.389. The zero-order valence-corrected chi connectivity index (χ0v) is 14.6. The van der Waals surface area contributed by atoms with Gasteiger partial charge in [0.2, 0.25) is 0 Å². The maximum absolute atomic E-state index is 11.8. The number of nitro benzene ring substituents is 1. The van der Waals surface area contributed by atoms with Gasteiger partial charge in [-0.15, -0.1) is 10.2 Å². The van der Waals surface area contributed by atoms with E-state index in [1.807, 2.05) is 16.7 Å². The Labute approximate surface area is 150 Å². The Bertz CT molecular complexity index is 954. The average Bonchev–Trinajstić information content (AvgIpc) is 3.16. The predicted octanol–water partition coefficient (Wildman–Crippen LogP) is 3.14. The topological polar surface area (TPSA) is 90.0 Å². The maximum atomic E-state index is 11.8. The molecule has 0 saturated carbocycles. The van der Waals surface area contributed by atoms with E-state index in [0.717, 1.165) is 31.8 Å². The van der Waals surface area contributed by atoms with Crippen molar-refractivity contribution in [2.75, 3.05) is 18.0 Å². The van der Waals surface area contributed by atoms with Gasteiger partial charge in [0.05, 0.1) is 15.8 Å². The lowest BCUT2D eigenvalue weighted by Crippen LogP contribution is -2.35. The largest absolute Gasteiger partial charge is 0.365 e. The summed E-state index contributed by atoms with van der Waals surface area (Å²) in [6.07, 6.45) is 5.38. The van der Waals surface area contributed by atoms with Crippen LogP contribution in [0.25, 0.3) is 10.9 Å². The number of anilines is 1. The summed E-state index contributed by atoms with van der Waals surface area (Å²) in [7, 11) is 0. The second-order valence-corrected chi connectivity index (χ2v) is 6.52. The molecule has 8 heteroatoms. The molecule has 0 radical (unpaired) electrons. The number of benzene rings is 1. The van der Waals surface area contributed by atoms with Crippen molar-refractivity contribution in [2.45, 2.75) is 32.2 Å². The second-order valence-electron chi connectivity index (χ2n) is 6.52. The molecule has 0 bridgehead atoms. The molecule has 1 fully saturated rings. The van der Waals surface area contributed by atoms with Crippen molar-refractivity contribution in [3.63, 3.8) is 0 Å². The van der Waals surface area contributed by atoms with E-state index in [4.69, 9.17) is 0 Å². The van der Waals surface area contributed by atoms with Crippen LogP contribution in [0, 0.1) is 10.1 Å². The van der Waals surface area contributed by atoms with E-state index in [2.05, 4.69) is 27.0 Å². The number of nitrogens with zero attached hydrogens (tertiary/aromatic N) is 6. The lowest BCUT2D eigenvalue weighted by atomic mass is 9.96. The van der Waals surface area contributed by atoms with Crippen molar-refractivity contribution in [3.05, 3.63) is 52.7 Å². The summed E-state index contributed by atoms with van der Waals surface area (Å²) in [4.78, 5) is 17.9. The minimum Gasteiger partial charge on any atom is -0.365 e. The van der Waals surface area contributed by atoms with Crippen LogP contribution < -0.4 is 4.90 Å². The minimum absolute atomic E-state index is 0.133. The van der Waals surface area contributed by atoms with Crippen LogP contribution in [0.5, 0.6) is 0 Å². The first-order chi connectivity index (χ1) is 12.7. The third kappa shape index (κ3) is 2.77. The van der Waals surface area contributed by atoms with Gasteiger partial charge >= 0.3 is 5.69 Å². The molecule has 3 heterocycles. The van der Waals surface area contributed by atoms with Crippen molar-refractivity contribution in [1.29, 1.82) is 0 Å². The van der Waals surface area contributed by atoms with E-state index >= 15 is 0 Å². The minimum atomic E-state index is -0.294. The highest BCUT2D eigenvalue weighted by molar-refractivity contribution is 5.94. The Balaban J connectivity index is 1.73. The van der Waals surface area contributed by atoms with Crippen LogP contribution >= 0.6 is 0 Å². The molecule has 8 nitrogen and oxygen atoms in total. The SMILES string of the molecule is CCn1cnnc1C1CCCN(c2ccc3ncccc3c2[N+](=O)[O-])C1. The zero-order chi connectivity index (χ0) is 18.1. The molecule has 0 aliphatic carbocycles. The Hall–Kier alpha value is -3.03. The first-order valence-electron chi connectivity index (χ1n) is 8.83. The van der Waals surface area contributed by atoms with E-state index in [-0.39, 0.29) is 16.5 Å². The molecule has 1 unspecified atom stereocenters. The maximum Gasteiger partial charge on any atom is 0.301 e. The fourth-order valence-corrected chi connectivity index (χ4v) is 3.80. The molecule has 1 aliphatic heterocycles. The zero-order valence-electron chi connectivity index (χ0n) is 14.6. The molecule has 2 aromatic heterocycles. The summed E-state index contributed by atoms with van der Waals surface area (Å²) in [6.45, 7) is 4.38. The Morgan fingerprint density at radius 2 is 2.23 bits per heavy atom. The first kappa shape index (κ1) is 16.4. The molecular formula is C18H20N6O2. The number of hydrogen-bond donors (Lipinski definition) is 0. The Kier molecular flexibility index (Phi) is 4.24. The van der Waals surface area contributed by atoms with Gasteiger partial charge in [-0.1, -0.05) is 0 Å². The van der Waals surface area contributed by atoms with Gasteiger partial charge in [-0.25, -0.2) is 0 Å². The standard InChI is InChI=1S/C18H20N6O2/c1-2-22-12-20-21-18(22)13-5-4-10-23(11-13)16-8-7-15-14(6-3-9-19-15)17(16)24(25)26/h3,6-9,12-13H,2,4-5,10-11H2,1H3. The third-order valence-electron chi connectivity index (χ3n) is 5.03. The number of piperidine rings is 1. The molecule has 4 rings (SSSR count). The summed E-state index contributed by atoms with van der Waals surface area (Å²) in [6, 6.07) is 7.18. The van der Waals surface area contributed by atoms with Crippen LogP contribution in [-0.4, -0.2) is 37.8 Å². The summed E-state index contributed by atoms with van der Waals surface area (Å²) in [5.41, 5.74) is 1.43. The smallest absolute Gasteiger partial charge is 0.301 e. The Morgan fingerprint density at radius 1 is 1.35 bits per heavy atom. The van der Waals surface area contributed by atoms with Gasteiger partial charge in [0.1, 0.15) is 17.8 Å². The highest BCUT2D eigenvalue weighted by Gasteiger charge is 2.30. The van der Waals surface area contributed by atoms with Gasteiger partial charge in [0, 0.05) is 31.7 Å². The highest BCUT2D eigenvalue weighted by atomic mass is 16.6. The van der Waals surface area contributed by atoms with E-state index in [0.29, 0.717) is 23.1 Å². The summed E-state index contributed by atoms with van der Waals surface area (Å²) >= 11 is 0. The lowest BCUT2D eigenvalue weighted by Gasteiger charge is -2.33. The van der Waals surface area contributed by atoms with Crippen LogP contribution in [0.2, 0.25) is 0 Å². The molecule has 0 spiro atoms. The molecule has 26 heavy (non-hydrogen) atoms. The van der Waals surface area contributed by atoms with Gasteiger partial charge in [-0.2, -0.15) is 0 Å². The van der Waals surface area contributed by atoms with Gasteiger partial charge in [0.15, 0.2) is 0 Å². The van der Waals surface area contributed by atoms with E-state index in [9.17, 15) is 10.1 Å². The number of fused-ring (bicyclic) bond motifs is 1. The predicted molar refractivity (Wildman–Crippen MR) is 98.3 cm³/mol. The number of pyridine rings is 1. The fourth-order valence-electron chi connectivity index (χ4n) is 3.80. The number of aryl methyl sites for hydroxylation is 1. The molecule has 1 saturated heterocycles. The molecule has 0 N–H and O–H groups in total. The van der Waals surface area contributed by atoms with E-state index in [1.54, 1.807) is 24.7 Å². The quantitative estimate of drug-likeness (QED) is 0.529. The van der Waals surface area contributed by atoms with Crippen LogP contribution in [0.15, 0.2) is 36.8 Å². The lowest BCUT2D eigenvalue weighted by molar-refractivity contribution is -0.382. The molecule has 3 aromatic rings. The normalized spacial score (nSPS) is 17.6. The third-order valence-corrected chi connectivity index (χ3v) is 5.03. The number of nitro groups is 1. The van der Waals surface area contributed by atoms with Crippen molar-refractivity contribution in [2.24, 2.45) is 0 Å². The number of rotatable bonds is 4. The Morgan fingerprint density at radius 3 is 3.04 bits per heavy atom. The monoisotopic (exact) mass is 352 g/mol. The van der Waals surface area contributed by atoms with Gasteiger partial charge in [0.25, 0.3) is 0 Å². The summed E-state index contributed by atoms with van der Waals surface area (Å²) in [5, 5.41) is 20.7. The van der Waals surface area contributed by atoms with Crippen LogP contribution in [-0.2, 0) is 6.54 Å². The van der Waals surface area contributed by atoms with Crippen LogP contribution in [0.1, 0.15) is 31.5 Å². The van der Waals surface area contributed by atoms with Gasteiger partial charge in [-0.05, 0) is 44.0 Å². The summed E-state index contributed by atoms with van der Waals surface area (Å²) < 4.78 is 2.05. The van der Waals surface area contributed by atoms with E-state index in [1.165, 1.54) is 0 Å². The molecule has 1 atom stereocenters.